The minimum atomic E-state index is -0.613. The number of aromatic nitrogens is 1. The van der Waals surface area contributed by atoms with E-state index in [4.69, 9.17) is 4.74 Å². The lowest BCUT2D eigenvalue weighted by atomic mass is 10.1. The minimum Gasteiger partial charge on any atom is -0.497 e. The molecule has 0 spiro atoms. The summed E-state index contributed by atoms with van der Waals surface area (Å²) in [6.07, 6.45) is 2.72. The first-order valence-corrected chi connectivity index (χ1v) is 7.96. The first kappa shape index (κ1) is 21.2. The number of halogens is 1. The summed E-state index contributed by atoms with van der Waals surface area (Å²) in [5, 5.41) is 16.5. The number of hydrogen-bond acceptors (Lipinski definition) is 4. The molecule has 0 saturated carbocycles. The lowest BCUT2D eigenvalue weighted by molar-refractivity contribution is 0.180. The highest BCUT2D eigenvalue weighted by Gasteiger charge is 2.08. The molecule has 1 heterocycles. The maximum absolute atomic E-state index is 10.2. The number of nitrogens with one attached hydrogen (secondary N) is 2. The number of pyridine rings is 1. The average molecular weight is 456 g/mol. The number of aliphatic hydroxyl groups is 1. The van der Waals surface area contributed by atoms with Gasteiger partial charge in [0.05, 0.1) is 19.8 Å². The van der Waals surface area contributed by atoms with Gasteiger partial charge in [0.25, 0.3) is 0 Å². The first-order chi connectivity index (χ1) is 11.7. The summed E-state index contributed by atoms with van der Waals surface area (Å²) in [5.41, 5.74) is 1.91. The molecule has 2 rings (SSSR count). The Morgan fingerprint density at radius 3 is 2.44 bits per heavy atom. The molecule has 0 bridgehead atoms. The SMILES string of the molecule is CCNC(=NCc1ccc(OC)cc1)NCC(O)c1ccncc1.I. The smallest absolute Gasteiger partial charge is 0.191 e. The second-order valence-electron chi connectivity index (χ2n) is 5.22. The van der Waals surface area contributed by atoms with Crippen molar-refractivity contribution in [3.63, 3.8) is 0 Å². The van der Waals surface area contributed by atoms with Crippen molar-refractivity contribution in [3.8, 4) is 5.75 Å². The van der Waals surface area contributed by atoms with E-state index >= 15 is 0 Å². The lowest BCUT2D eigenvalue weighted by Gasteiger charge is -2.15. The quantitative estimate of drug-likeness (QED) is 0.339. The van der Waals surface area contributed by atoms with Crippen LogP contribution in [0.2, 0.25) is 0 Å². The van der Waals surface area contributed by atoms with Crippen molar-refractivity contribution in [1.82, 2.24) is 15.6 Å². The van der Waals surface area contributed by atoms with E-state index in [1.165, 1.54) is 0 Å². The number of ether oxygens (including phenoxy) is 1. The van der Waals surface area contributed by atoms with E-state index in [-0.39, 0.29) is 24.0 Å². The number of methoxy groups -OCH3 is 1. The number of rotatable bonds is 7. The van der Waals surface area contributed by atoms with E-state index in [2.05, 4.69) is 20.6 Å². The summed E-state index contributed by atoms with van der Waals surface area (Å²) < 4.78 is 5.15. The molecule has 0 amide bonds. The van der Waals surface area contributed by atoms with Gasteiger partial charge in [-0.1, -0.05) is 12.1 Å². The van der Waals surface area contributed by atoms with Crippen LogP contribution in [0.3, 0.4) is 0 Å². The summed E-state index contributed by atoms with van der Waals surface area (Å²) in [6, 6.07) is 11.4. The molecule has 1 unspecified atom stereocenters. The summed E-state index contributed by atoms with van der Waals surface area (Å²) in [5.74, 6) is 1.50. The molecule has 0 aliphatic heterocycles. The highest BCUT2D eigenvalue weighted by molar-refractivity contribution is 14.0. The van der Waals surface area contributed by atoms with Crippen LogP contribution in [-0.2, 0) is 6.54 Å². The van der Waals surface area contributed by atoms with Gasteiger partial charge in [-0.05, 0) is 42.3 Å². The number of guanidine groups is 1. The Balaban J connectivity index is 0.00000312. The Kier molecular flexibility index (Phi) is 9.86. The normalized spacial score (nSPS) is 12.0. The summed E-state index contributed by atoms with van der Waals surface area (Å²) in [7, 11) is 1.65. The molecule has 3 N–H and O–H groups in total. The fourth-order valence-corrected chi connectivity index (χ4v) is 2.14. The maximum Gasteiger partial charge on any atom is 0.191 e. The van der Waals surface area contributed by atoms with Gasteiger partial charge in [-0.2, -0.15) is 0 Å². The highest BCUT2D eigenvalue weighted by atomic mass is 127. The minimum absolute atomic E-state index is 0. The number of benzene rings is 1. The summed E-state index contributed by atoms with van der Waals surface area (Å²) in [6.45, 7) is 3.67. The van der Waals surface area contributed by atoms with Crippen LogP contribution in [0.5, 0.6) is 5.75 Å². The molecule has 1 aromatic heterocycles. The molecule has 0 aliphatic rings. The van der Waals surface area contributed by atoms with Crippen LogP contribution >= 0.6 is 24.0 Å². The van der Waals surface area contributed by atoms with Gasteiger partial charge in [0.15, 0.2) is 5.96 Å². The van der Waals surface area contributed by atoms with Crippen molar-refractivity contribution in [3.05, 3.63) is 59.9 Å². The molecular weight excluding hydrogens is 431 g/mol. The molecule has 2 aromatic rings. The van der Waals surface area contributed by atoms with E-state index in [1.54, 1.807) is 31.6 Å². The van der Waals surface area contributed by atoms with Crippen LogP contribution in [0.15, 0.2) is 53.8 Å². The summed E-state index contributed by atoms with van der Waals surface area (Å²) in [4.78, 5) is 8.49. The van der Waals surface area contributed by atoms with Gasteiger partial charge in [-0.15, -0.1) is 24.0 Å². The third-order valence-corrected chi connectivity index (χ3v) is 3.48. The van der Waals surface area contributed by atoms with Crippen molar-refractivity contribution < 1.29 is 9.84 Å². The Hall–Kier alpha value is -1.87. The summed E-state index contributed by atoms with van der Waals surface area (Å²) >= 11 is 0. The van der Waals surface area contributed by atoms with Crippen LogP contribution in [0.25, 0.3) is 0 Å². The third kappa shape index (κ3) is 7.27. The molecule has 6 nitrogen and oxygen atoms in total. The van der Waals surface area contributed by atoms with E-state index in [0.717, 1.165) is 23.4 Å². The Bertz CT molecular complexity index is 635. The van der Waals surface area contributed by atoms with Crippen molar-refractivity contribution in [2.24, 2.45) is 4.99 Å². The molecule has 0 aliphatic carbocycles. The average Bonchev–Trinajstić information content (AvgIpc) is 2.65. The second-order valence-corrected chi connectivity index (χ2v) is 5.22. The van der Waals surface area contributed by atoms with Gasteiger partial charge in [0, 0.05) is 25.5 Å². The molecule has 0 radical (unpaired) electrons. The van der Waals surface area contributed by atoms with Gasteiger partial charge < -0.3 is 20.5 Å². The fourth-order valence-electron chi connectivity index (χ4n) is 2.14. The molecule has 1 atom stereocenters. The molecular formula is C18H25IN4O2. The second kappa shape index (κ2) is 11.6. The number of aliphatic imine (C=N–C) groups is 1. The van der Waals surface area contributed by atoms with Gasteiger partial charge in [0.2, 0.25) is 0 Å². The predicted molar refractivity (Wildman–Crippen MR) is 110 cm³/mol. The van der Waals surface area contributed by atoms with Gasteiger partial charge in [-0.3, -0.25) is 4.98 Å². The van der Waals surface area contributed by atoms with Crippen molar-refractivity contribution in [2.75, 3.05) is 20.2 Å². The van der Waals surface area contributed by atoms with E-state index in [0.29, 0.717) is 19.0 Å². The van der Waals surface area contributed by atoms with Gasteiger partial charge >= 0.3 is 0 Å². The lowest BCUT2D eigenvalue weighted by Crippen LogP contribution is -2.39. The van der Waals surface area contributed by atoms with Gasteiger partial charge in [-0.25, -0.2) is 4.99 Å². The molecule has 25 heavy (non-hydrogen) atoms. The standard InChI is InChI=1S/C18H24N4O2.HI/c1-3-20-18(21-12-14-4-6-16(24-2)7-5-14)22-13-17(23)15-8-10-19-11-9-15;/h4-11,17,23H,3,12-13H2,1-2H3,(H2,20,21,22);1H. The predicted octanol–water partition coefficient (Wildman–Crippen LogP) is 2.50. The number of hydrogen-bond donors (Lipinski definition) is 3. The van der Waals surface area contributed by atoms with Crippen LogP contribution in [0.1, 0.15) is 24.2 Å². The zero-order valence-corrected chi connectivity index (χ0v) is 16.8. The Morgan fingerprint density at radius 1 is 1.16 bits per heavy atom. The third-order valence-electron chi connectivity index (χ3n) is 3.48. The topological polar surface area (TPSA) is 78.8 Å². The maximum atomic E-state index is 10.2. The van der Waals surface area contributed by atoms with E-state index < -0.39 is 6.10 Å². The fraction of sp³-hybridized carbons (Fsp3) is 0.333. The first-order valence-electron chi connectivity index (χ1n) is 7.96. The molecule has 7 heteroatoms. The van der Waals surface area contributed by atoms with Crippen LogP contribution in [-0.4, -0.2) is 36.2 Å². The van der Waals surface area contributed by atoms with Crippen molar-refractivity contribution in [2.45, 2.75) is 19.6 Å². The molecule has 136 valence electrons. The van der Waals surface area contributed by atoms with Crippen LogP contribution in [0, 0.1) is 0 Å². The van der Waals surface area contributed by atoms with E-state index in [1.807, 2.05) is 31.2 Å². The Labute approximate surface area is 165 Å². The van der Waals surface area contributed by atoms with Crippen molar-refractivity contribution in [1.29, 1.82) is 0 Å². The largest absolute Gasteiger partial charge is 0.497 e. The van der Waals surface area contributed by atoms with Gasteiger partial charge in [0.1, 0.15) is 5.75 Å². The van der Waals surface area contributed by atoms with Crippen LogP contribution in [0.4, 0.5) is 0 Å². The molecule has 0 fully saturated rings. The van der Waals surface area contributed by atoms with E-state index in [9.17, 15) is 5.11 Å². The molecule has 1 aromatic carbocycles. The molecule has 0 saturated heterocycles. The van der Waals surface area contributed by atoms with Crippen molar-refractivity contribution >= 4 is 29.9 Å². The monoisotopic (exact) mass is 456 g/mol. The zero-order chi connectivity index (χ0) is 17.2. The highest BCUT2D eigenvalue weighted by Crippen LogP contribution is 2.12. The van der Waals surface area contributed by atoms with Crippen LogP contribution < -0.4 is 15.4 Å². The number of aliphatic hydroxyl groups excluding tert-OH is 1. The Morgan fingerprint density at radius 2 is 1.84 bits per heavy atom. The zero-order valence-electron chi connectivity index (χ0n) is 14.5. The number of nitrogens with zero attached hydrogens (tertiary/aromatic N) is 2.